The lowest BCUT2D eigenvalue weighted by atomic mass is 10.2. The molecule has 0 amide bonds. The molecule has 1 aliphatic rings. The molecule has 0 bridgehead atoms. The van der Waals surface area contributed by atoms with Gasteiger partial charge in [0.25, 0.3) is 0 Å². The third-order valence-corrected chi connectivity index (χ3v) is 2.50. The van der Waals surface area contributed by atoms with Gasteiger partial charge in [0.1, 0.15) is 17.4 Å². The Hall–Kier alpha value is -1.69. The van der Waals surface area contributed by atoms with Crippen LogP contribution in [0.2, 0.25) is 0 Å². The monoisotopic (exact) mass is 205 g/mol. The normalized spacial score (nSPS) is 16.6. The molecule has 2 aromatic rings. The molecular weight excluding hydrogens is 194 g/mol. The number of H-pyrrole nitrogens is 1. The minimum atomic E-state index is 0.353. The molecule has 6 nitrogen and oxygen atoms in total. The highest BCUT2D eigenvalue weighted by Gasteiger charge is 2.20. The zero-order chi connectivity index (χ0) is 10.3. The van der Waals surface area contributed by atoms with E-state index in [9.17, 15) is 0 Å². The highest BCUT2D eigenvalue weighted by molar-refractivity contribution is 5.86. The minimum absolute atomic E-state index is 0.353. The van der Waals surface area contributed by atoms with E-state index in [2.05, 4.69) is 25.5 Å². The number of rotatable bonds is 2. The summed E-state index contributed by atoms with van der Waals surface area (Å²) >= 11 is 0. The molecule has 0 atom stereocenters. The van der Waals surface area contributed by atoms with E-state index in [4.69, 9.17) is 4.74 Å². The van der Waals surface area contributed by atoms with Crippen LogP contribution in [0.25, 0.3) is 11.0 Å². The number of hydrogen-bond donors (Lipinski definition) is 2. The van der Waals surface area contributed by atoms with E-state index >= 15 is 0 Å². The largest absolute Gasteiger partial charge is 0.377 e. The van der Waals surface area contributed by atoms with Crippen molar-refractivity contribution in [1.82, 2.24) is 20.2 Å². The first kappa shape index (κ1) is 8.60. The van der Waals surface area contributed by atoms with Crippen LogP contribution in [0.1, 0.15) is 5.69 Å². The molecule has 1 saturated heterocycles. The summed E-state index contributed by atoms with van der Waals surface area (Å²) in [7, 11) is 0. The topological polar surface area (TPSA) is 75.7 Å². The van der Waals surface area contributed by atoms with Gasteiger partial charge in [-0.15, -0.1) is 0 Å². The number of hydrogen-bond acceptors (Lipinski definition) is 5. The van der Waals surface area contributed by atoms with E-state index in [1.807, 2.05) is 6.92 Å². The Bertz CT molecular complexity index is 490. The lowest BCUT2D eigenvalue weighted by Crippen LogP contribution is -2.40. The van der Waals surface area contributed by atoms with Gasteiger partial charge in [0, 0.05) is 0 Å². The second-order valence-corrected chi connectivity index (χ2v) is 3.63. The number of aromatic amines is 1. The van der Waals surface area contributed by atoms with Gasteiger partial charge in [0.2, 0.25) is 0 Å². The second kappa shape index (κ2) is 3.16. The summed E-state index contributed by atoms with van der Waals surface area (Å²) in [4.78, 5) is 8.37. The lowest BCUT2D eigenvalue weighted by molar-refractivity contribution is 0.0210. The Morgan fingerprint density at radius 1 is 1.47 bits per heavy atom. The van der Waals surface area contributed by atoms with Gasteiger partial charge in [-0.25, -0.2) is 9.97 Å². The van der Waals surface area contributed by atoms with Crippen molar-refractivity contribution in [2.24, 2.45) is 0 Å². The van der Waals surface area contributed by atoms with Gasteiger partial charge in [0.05, 0.1) is 24.9 Å². The molecule has 0 saturated carbocycles. The van der Waals surface area contributed by atoms with Crippen molar-refractivity contribution < 1.29 is 4.74 Å². The summed E-state index contributed by atoms with van der Waals surface area (Å²) in [5.74, 6) is 0.800. The SMILES string of the molecule is Cc1n[nH]c2c(NC3COC3)ncnc12. The molecule has 0 aromatic carbocycles. The maximum absolute atomic E-state index is 5.09. The van der Waals surface area contributed by atoms with Crippen LogP contribution in [-0.2, 0) is 4.74 Å². The average molecular weight is 205 g/mol. The zero-order valence-electron chi connectivity index (χ0n) is 8.32. The summed E-state index contributed by atoms with van der Waals surface area (Å²) in [5.41, 5.74) is 2.62. The summed E-state index contributed by atoms with van der Waals surface area (Å²) in [6.45, 7) is 3.39. The van der Waals surface area contributed by atoms with Crippen molar-refractivity contribution in [1.29, 1.82) is 0 Å². The number of aromatic nitrogens is 4. The first-order chi connectivity index (χ1) is 7.34. The minimum Gasteiger partial charge on any atom is -0.377 e. The van der Waals surface area contributed by atoms with Gasteiger partial charge < -0.3 is 10.1 Å². The number of aryl methyl sites for hydroxylation is 1. The van der Waals surface area contributed by atoms with Crippen LogP contribution in [-0.4, -0.2) is 39.4 Å². The molecular formula is C9H11N5O. The third-order valence-electron chi connectivity index (χ3n) is 2.50. The van der Waals surface area contributed by atoms with Gasteiger partial charge >= 0.3 is 0 Å². The highest BCUT2D eigenvalue weighted by atomic mass is 16.5. The second-order valence-electron chi connectivity index (χ2n) is 3.63. The van der Waals surface area contributed by atoms with E-state index in [1.54, 1.807) is 6.33 Å². The highest BCUT2D eigenvalue weighted by Crippen LogP contribution is 2.20. The van der Waals surface area contributed by atoms with Gasteiger partial charge in [0.15, 0.2) is 5.82 Å². The molecule has 78 valence electrons. The van der Waals surface area contributed by atoms with E-state index in [0.717, 1.165) is 35.8 Å². The molecule has 0 aliphatic carbocycles. The zero-order valence-corrected chi connectivity index (χ0v) is 8.32. The van der Waals surface area contributed by atoms with Crippen molar-refractivity contribution in [3.05, 3.63) is 12.0 Å². The van der Waals surface area contributed by atoms with Gasteiger partial charge in [-0.2, -0.15) is 5.10 Å². The van der Waals surface area contributed by atoms with Crippen LogP contribution < -0.4 is 5.32 Å². The van der Waals surface area contributed by atoms with Crippen LogP contribution in [0.15, 0.2) is 6.33 Å². The van der Waals surface area contributed by atoms with E-state index in [1.165, 1.54) is 0 Å². The first-order valence-corrected chi connectivity index (χ1v) is 4.84. The van der Waals surface area contributed by atoms with Gasteiger partial charge in [-0.1, -0.05) is 0 Å². The van der Waals surface area contributed by atoms with E-state index < -0.39 is 0 Å². The predicted molar refractivity (Wildman–Crippen MR) is 54.7 cm³/mol. The van der Waals surface area contributed by atoms with Crippen LogP contribution in [0.5, 0.6) is 0 Å². The van der Waals surface area contributed by atoms with E-state index in [0.29, 0.717) is 6.04 Å². The van der Waals surface area contributed by atoms with Crippen molar-refractivity contribution in [2.75, 3.05) is 18.5 Å². The molecule has 0 spiro atoms. The Labute approximate surface area is 86.1 Å². The number of nitrogens with one attached hydrogen (secondary N) is 2. The van der Waals surface area contributed by atoms with E-state index in [-0.39, 0.29) is 0 Å². The number of anilines is 1. The Balaban J connectivity index is 2.01. The maximum Gasteiger partial charge on any atom is 0.155 e. The van der Waals surface area contributed by atoms with Crippen molar-refractivity contribution in [3.8, 4) is 0 Å². The fraction of sp³-hybridized carbons (Fsp3) is 0.444. The van der Waals surface area contributed by atoms with Crippen molar-refractivity contribution >= 4 is 16.9 Å². The summed E-state index contributed by atoms with van der Waals surface area (Å²) in [5, 5.41) is 10.3. The molecule has 1 fully saturated rings. The fourth-order valence-electron chi connectivity index (χ4n) is 1.58. The first-order valence-electron chi connectivity index (χ1n) is 4.84. The molecule has 0 radical (unpaired) electrons. The summed E-state index contributed by atoms with van der Waals surface area (Å²) in [6, 6.07) is 0.353. The maximum atomic E-state index is 5.09. The Morgan fingerprint density at radius 2 is 2.33 bits per heavy atom. The summed E-state index contributed by atoms with van der Waals surface area (Å²) in [6.07, 6.45) is 1.55. The third kappa shape index (κ3) is 1.33. The Kier molecular flexibility index (Phi) is 1.81. The molecule has 2 aromatic heterocycles. The molecule has 3 heterocycles. The molecule has 6 heteroatoms. The Morgan fingerprint density at radius 3 is 3.07 bits per heavy atom. The standard InChI is InChI=1S/C9H11N5O/c1-5-7-8(14-13-5)9(11-4-10-7)12-6-2-15-3-6/h4,6H,2-3H2,1H3,(H,13,14)(H,10,11,12). The van der Waals surface area contributed by atoms with Gasteiger partial charge in [-0.05, 0) is 6.92 Å². The molecule has 0 unspecified atom stereocenters. The molecule has 15 heavy (non-hydrogen) atoms. The molecule has 3 rings (SSSR count). The predicted octanol–water partition coefficient (Wildman–Crippen LogP) is 0.472. The van der Waals surface area contributed by atoms with Crippen LogP contribution >= 0.6 is 0 Å². The summed E-state index contributed by atoms with van der Waals surface area (Å²) < 4.78 is 5.09. The van der Waals surface area contributed by atoms with Crippen molar-refractivity contribution in [2.45, 2.75) is 13.0 Å². The number of ether oxygens (including phenoxy) is 1. The van der Waals surface area contributed by atoms with Crippen LogP contribution in [0.3, 0.4) is 0 Å². The smallest absolute Gasteiger partial charge is 0.155 e. The molecule has 1 aliphatic heterocycles. The number of nitrogens with zero attached hydrogens (tertiary/aromatic N) is 3. The molecule has 2 N–H and O–H groups in total. The van der Waals surface area contributed by atoms with Crippen LogP contribution in [0, 0.1) is 6.92 Å². The van der Waals surface area contributed by atoms with Gasteiger partial charge in [-0.3, -0.25) is 5.10 Å². The number of fused-ring (bicyclic) bond motifs is 1. The fourth-order valence-corrected chi connectivity index (χ4v) is 1.58. The lowest BCUT2D eigenvalue weighted by Gasteiger charge is -2.27. The average Bonchev–Trinajstić information content (AvgIpc) is 2.55. The van der Waals surface area contributed by atoms with Crippen molar-refractivity contribution in [3.63, 3.8) is 0 Å². The quantitative estimate of drug-likeness (QED) is 0.745. The van der Waals surface area contributed by atoms with Crippen LogP contribution in [0.4, 0.5) is 5.82 Å².